The lowest BCUT2D eigenvalue weighted by molar-refractivity contribution is 0.601. The third kappa shape index (κ3) is 3.61. The van der Waals surface area contributed by atoms with Crippen molar-refractivity contribution in [1.82, 2.24) is 14.6 Å². The Labute approximate surface area is 115 Å². The topological polar surface area (TPSA) is 96.9 Å². The summed E-state index contributed by atoms with van der Waals surface area (Å²) in [5, 5.41) is 7.01. The highest BCUT2D eigenvalue weighted by molar-refractivity contribution is 7.93. The minimum atomic E-state index is -3.63. The Morgan fingerprint density at radius 2 is 2.16 bits per heavy atom. The van der Waals surface area contributed by atoms with Crippen molar-refractivity contribution in [3.8, 4) is 0 Å². The molecule has 0 aliphatic heterocycles. The quantitative estimate of drug-likeness (QED) is 0.840. The van der Waals surface area contributed by atoms with Crippen molar-refractivity contribution in [1.29, 1.82) is 0 Å². The molecule has 0 aliphatic carbocycles. The molecule has 0 radical (unpaired) electrons. The van der Waals surface area contributed by atoms with Crippen LogP contribution in [0.3, 0.4) is 0 Å². The van der Waals surface area contributed by atoms with Gasteiger partial charge in [0, 0.05) is 24.3 Å². The molecule has 9 heteroatoms. The SMILES string of the molecule is CCCNc1ccc(S(=O)(=O)Nc2cnns2)cn1. The predicted molar refractivity (Wildman–Crippen MR) is 73.7 cm³/mol. The molecule has 0 bridgehead atoms. The molecule has 0 saturated carbocycles. The third-order valence-electron chi connectivity index (χ3n) is 2.20. The number of nitrogens with one attached hydrogen (secondary N) is 2. The van der Waals surface area contributed by atoms with E-state index in [-0.39, 0.29) is 4.90 Å². The van der Waals surface area contributed by atoms with E-state index in [1.807, 2.05) is 6.92 Å². The minimum absolute atomic E-state index is 0.1000. The summed E-state index contributed by atoms with van der Waals surface area (Å²) in [5.41, 5.74) is 0. The van der Waals surface area contributed by atoms with Crippen molar-refractivity contribution in [3.05, 3.63) is 24.5 Å². The molecule has 0 fully saturated rings. The number of sulfonamides is 1. The van der Waals surface area contributed by atoms with Crippen LogP contribution in [0.4, 0.5) is 10.8 Å². The summed E-state index contributed by atoms with van der Waals surface area (Å²) in [6, 6.07) is 3.14. The number of hydrogen-bond acceptors (Lipinski definition) is 7. The standard InChI is InChI=1S/C10H13N5O2S2/c1-2-5-11-9-4-3-8(6-12-9)19(16,17)14-10-7-13-15-18-10/h3-4,6-7,14H,2,5H2,1H3,(H,11,12). The van der Waals surface area contributed by atoms with Gasteiger partial charge in [0.1, 0.15) is 15.7 Å². The van der Waals surface area contributed by atoms with Gasteiger partial charge in [-0.15, -0.1) is 5.10 Å². The maximum absolute atomic E-state index is 12.0. The predicted octanol–water partition coefficient (Wildman–Crippen LogP) is 1.56. The minimum Gasteiger partial charge on any atom is -0.370 e. The molecule has 0 atom stereocenters. The molecular weight excluding hydrogens is 286 g/mol. The van der Waals surface area contributed by atoms with Gasteiger partial charge < -0.3 is 5.32 Å². The van der Waals surface area contributed by atoms with Gasteiger partial charge in [0.25, 0.3) is 10.0 Å². The first-order valence-corrected chi connectivity index (χ1v) is 7.87. The van der Waals surface area contributed by atoms with E-state index in [4.69, 9.17) is 0 Å². The second-order valence-electron chi connectivity index (χ2n) is 3.69. The molecule has 0 saturated heterocycles. The van der Waals surface area contributed by atoms with Crippen LogP contribution in [0, 0.1) is 0 Å². The fourth-order valence-electron chi connectivity index (χ4n) is 1.30. The molecular formula is C10H13N5O2S2. The van der Waals surface area contributed by atoms with Crippen LogP contribution in [-0.2, 0) is 10.0 Å². The number of rotatable bonds is 6. The van der Waals surface area contributed by atoms with Gasteiger partial charge in [0.05, 0.1) is 6.20 Å². The lowest BCUT2D eigenvalue weighted by Gasteiger charge is -2.06. The average Bonchev–Trinajstić information content (AvgIpc) is 2.89. The zero-order valence-electron chi connectivity index (χ0n) is 10.2. The second-order valence-corrected chi connectivity index (χ2v) is 6.16. The molecule has 7 nitrogen and oxygen atoms in total. The Hall–Kier alpha value is -1.74. The molecule has 2 aromatic rings. The normalized spacial score (nSPS) is 11.2. The summed E-state index contributed by atoms with van der Waals surface area (Å²) in [4.78, 5) is 4.15. The van der Waals surface area contributed by atoms with Gasteiger partial charge in [-0.2, -0.15) is 0 Å². The monoisotopic (exact) mass is 299 g/mol. The Bertz CT molecular complexity index is 610. The van der Waals surface area contributed by atoms with E-state index in [2.05, 4.69) is 24.6 Å². The lowest BCUT2D eigenvalue weighted by atomic mass is 10.4. The molecule has 19 heavy (non-hydrogen) atoms. The number of pyridine rings is 1. The first kappa shape index (κ1) is 13.7. The van der Waals surface area contributed by atoms with Crippen molar-refractivity contribution < 1.29 is 8.42 Å². The van der Waals surface area contributed by atoms with Crippen molar-refractivity contribution in [2.24, 2.45) is 0 Å². The van der Waals surface area contributed by atoms with E-state index in [0.29, 0.717) is 10.8 Å². The third-order valence-corrected chi connectivity index (χ3v) is 4.26. The van der Waals surface area contributed by atoms with Crippen molar-refractivity contribution >= 4 is 32.4 Å². The van der Waals surface area contributed by atoms with Crippen LogP contribution in [0.15, 0.2) is 29.4 Å². The van der Waals surface area contributed by atoms with E-state index >= 15 is 0 Å². The van der Waals surface area contributed by atoms with Crippen molar-refractivity contribution in [3.63, 3.8) is 0 Å². The van der Waals surface area contributed by atoms with Crippen LogP contribution in [0.25, 0.3) is 0 Å². The largest absolute Gasteiger partial charge is 0.370 e. The highest BCUT2D eigenvalue weighted by Gasteiger charge is 2.15. The van der Waals surface area contributed by atoms with E-state index in [0.717, 1.165) is 24.5 Å². The molecule has 0 amide bonds. The molecule has 2 aromatic heterocycles. The van der Waals surface area contributed by atoms with Crippen LogP contribution in [0.1, 0.15) is 13.3 Å². The number of hydrogen-bond donors (Lipinski definition) is 2. The van der Waals surface area contributed by atoms with Gasteiger partial charge in [0.15, 0.2) is 0 Å². The van der Waals surface area contributed by atoms with Crippen LogP contribution in [-0.4, -0.2) is 29.5 Å². The van der Waals surface area contributed by atoms with Crippen molar-refractivity contribution in [2.45, 2.75) is 18.2 Å². The Morgan fingerprint density at radius 1 is 1.32 bits per heavy atom. The Morgan fingerprint density at radius 3 is 2.74 bits per heavy atom. The van der Waals surface area contributed by atoms with Crippen molar-refractivity contribution in [2.75, 3.05) is 16.6 Å². The molecule has 0 unspecified atom stereocenters. The smallest absolute Gasteiger partial charge is 0.264 e. The zero-order valence-corrected chi connectivity index (χ0v) is 11.8. The van der Waals surface area contributed by atoms with Gasteiger partial charge >= 0.3 is 0 Å². The van der Waals surface area contributed by atoms with E-state index < -0.39 is 10.0 Å². The highest BCUT2D eigenvalue weighted by atomic mass is 32.2. The molecule has 2 rings (SSSR count). The van der Waals surface area contributed by atoms with Crippen LogP contribution >= 0.6 is 11.5 Å². The number of nitrogens with zero attached hydrogens (tertiary/aromatic N) is 3. The van der Waals surface area contributed by atoms with Gasteiger partial charge in [-0.1, -0.05) is 11.4 Å². The molecule has 0 aromatic carbocycles. The Balaban J connectivity index is 2.12. The Kier molecular flexibility index (Phi) is 4.27. The van der Waals surface area contributed by atoms with Gasteiger partial charge in [-0.05, 0) is 18.6 Å². The summed E-state index contributed by atoms with van der Waals surface area (Å²) >= 11 is 0.975. The summed E-state index contributed by atoms with van der Waals surface area (Å²) < 4.78 is 30.0. The summed E-state index contributed by atoms with van der Waals surface area (Å²) in [6.45, 7) is 2.84. The highest BCUT2D eigenvalue weighted by Crippen LogP contribution is 2.17. The maximum Gasteiger partial charge on any atom is 0.264 e. The number of anilines is 2. The van der Waals surface area contributed by atoms with Crippen LogP contribution in [0.2, 0.25) is 0 Å². The summed E-state index contributed by atoms with van der Waals surface area (Å²) in [6.07, 6.45) is 3.64. The van der Waals surface area contributed by atoms with Crippen LogP contribution in [0.5, 0.6) is 0 Å². The van der Waals surface area contributed by atoms with Gasteiger partial charge in [-0.25, -0.2) is 13.4 Å². The first-order valence-electron chi connectivity index (χ1n) is 5.62. The van der Waals surface area contributed by atoms with Gasteiger partial charge in [0.2, 0.25) is 0 Å². The molecule has 102 valence electrons. The molecule has 2 N–H and O–H groups in total. The van der Waals surface area contributed by atoms with E-state index in [1.54, 1.807) is 6.07 Å². The lowest BCUT2D eigenvalue weighted by Crippen LogP contribution is -2.12. The molecule has 0 spiro atoms. The summed E-state index contributed by atoms with van der Waals surface area (Å²) in [5.74, 6) is 0.653. The first-order chi connectivity index (χ1) is 9.12. The zero-order chi connectivity index (χ0) is 13.7. The summed E-state index contributed by atoms with van der Waals surface area (Å²) in [7, 11) is -3.63. The maximum atomic E-state index is 12.0. The fraction of sp³-hybridized carbons (Fsp3) is 0.300. The number of aromatic nitrogens is 3. The van der Waals surface area contributed by atoms with E-state index in [9.17, 15) is 8.42 Å². The molecule has 0 aliphatic rings. The second kappa shape index (κ2) is 5.93. The van der Waals surface area contributed by atoms with Crippen LogP contribution < -0.4 is 10.0 Å². The van der Waals surface area contributed by atoms with Gasteiger partial charge in [-0.3, -0.25) is 4.72 Å². The molecule has 2 heterocycles. The fourth-order valence-corrected chi connectivity index (χ4v) is 2.93. The average molecular weight is 299 g/mol. The van der Waals surface area contributed by atoms with E-state index in [1.165, 1.54) is 18.5 Å².